The van der Waals surface area contributed by atoms with E-state index >= 15 is 0 Å². The maximum Gasteiger partial charge on any atom is 0.315 e. The average Bonchev–Trinajstić information content (AvgIpc) is 2.86. The van der Waals surface area contributed by atoms with E-state index in [1.165, 1.54) is 0 Å². The van der Waals surface area contributed by atoms with Crippen molar-refractivity contribution < 1.29 is 71.2 Å². The number of hydrogen-bond acceptors (Lipinski definition) is 15. The first kappa shape index (κ1) is 66.8. The predicted molar refractivity (Wildman–Crippen MR) is 165 cm³/mol. The van der Waals surface area contributed by atoms with E-state index in [9.17, 15) is 24.0 Å². The van der Waals surface area contributed by atoms with Gasteiger partial charge in [0.2, 0.25) is 0 Å². The summed E-state index contributed by atoms with van der Waals surface area (Å²) < 4.78 is 22.4. The van der Waals surface area contributed by atoms with Gasteiger partial charge in [0.15, 0.2) is 0 Å². The van der Waals surface area contributed by atoms with Crippen LogP contribution in [-0.4, -0.2) is 91.6 Å². The van der Waals surface area contributed by atoms with Crippen molar-refractivity contribution in [2.45, 2.75) is 34.6 Å². The molecule has 0 heterocycles. The lowest BCUT2D eigenvalue weighted by Gasteiger charge is -1.93. The smallest absolute Gasteiger partial charge is 0.315 e. The lowest BCUT2D eigenvalue weighted by molar-refractivity contribution is -0.140. The highest BCUT2D eigenvalue weighted by molar-refractivity contribution is 7.81. The van der Waals surface area contributed by atoms with Gasteiger partial charge in [0.25, 0.3) is 0 Å². The fourth-order valence-electron chi connectivity index (χ4n) is 1.03. The van der Waals surface area contributed by atoms with Gasteiger partial charge in [0, 0.05) is 0 Å². The second-order valence-electron chi connectivity index (χ2n) is 4.82. The lowest BCUT2D eigenvalue weighted by Crippen LogP contribution is -2.03. The van der Waals surface area contributed by atoms with Crippen LogP contribution >= 0.6 is 63.1 Å². The molecule has 0 unspecified atom stereocenters. The van der Waals surface area contributed by atoms with Crippen molar-refractivity contribution in [3.63, 3.8) is 0 Å². The molecule has 0 aliphatic carbocycles. The summed E-state index contributed by atoms with van der Waals surface area (Å²) >= 11 is 18.4. The molecule has 20 heteroatoms. The highest BCUT2D eigenvalue weighted by Crippen LogP contribution is 1.81. The summed E-state index contributed by atoms with van der Waals surface area (Å²) in [5.41, 5.74) is 0. The minimum absolute atomic E-state index is 0. The van der Waals surface area contributed by atoms with Gasteiger partial charge in [0.05, 0.1) is 61.8 Å². The summed E-state index contributed by atoms with van der Waals surface area (Å²) in [5.74, 6) is -0.420. The summed E-state index contributed by atoms with van der Waals surface area (Å²) in [5, 5.41) is 0. The van der Waals surface area contributed by atoms with Gasteiger partial charge in [-0.15, -0.1) is 0 Å². The van der Waals surface area contributed by atoms with Crippen LogP contribution in [0.1, 0.15) is 34.6 Å². The third-order valence-corrected chi connectivity index (χ3v) is 3.46. The molecule has 0 aliphatic rings. The van der Waals surface area contributed by atoms with Crippen molar-refractivity contribution in [3.05, 3.63) is 0 Å². The molecule has 0 fully saturated rings. The number of ether oxygens (including phenoxy) is 5. The van der Waals surface area contributed by atoms with E-state index < -0.39 is 0 Å². The molecule has 0 aliphatic heterocycles. The Kier molecular flexibility index (Phi) is 103. The van der Waals surface area contributed by atoms with Gasteiger partial charge in [0.1, 0.15) is 0 Å². The molecule has 40 heavy (non-hydrogen) atoms. The molecule has 0 aromatic rings. The van der Waals surface area contributed by atoms with Crippen molar-refractivity contribution >= 4 is 93.0 Å². The number of carbonyl (C=O) groups is 5. The maximum absolute atomic E-state index is 10.1. The van der Waals surface area contributed by atoms with Crippen molar-refractivity contribution in [2.75, 3.05) is 61.8 Å². The predicted octanol–water partition coefficient (Wildman–Crippen LogP) is 3.16. The highest BCUT2D eigenvalue weighted by atomic mass is 32.1. The molecular formula is C20H45F5O10S5. The molecule has 0 atom stereocenters. The first-order valence-electron chi connectivity index (χ1n) is 10.4. The first-order valence-corrected chi connectivity index (χ1v) is 13.5. The highest BCUT2D eigenvalue weighted by Gasteiger charge is 1.94. The Balaban J connectivity index is -0.0000000341. The third-order valence-electron chi connectivity index (χ3n) is 2.17. The zero-order valence-electron chi connectivity index (χ0n) is 22.9. The summed E-state index contributed by atoms with van der Waals surface area (Å²) in [6.45, 7) is 11.0. The van der Waals surface area contributed by atoms with Crippen LogP contribution in [0.15, 0.2) is 0 Å². The van der Waals surface area contributed by atoms with Crippen LogP contribution in [0.2, 0.25) is 0 Å². The van der Waals surface area contributed by atoms with Crippen molar-refractivity contribution in [2.24, 2.45) is 0 Å². The SMILES string of the molecule is CCOC(=O)CS.CCOC(=O)CS.CCOC(=O)CS.CCOC(=O)CS.CCOC(=O)CS.F.F.F.F.F. The fourth-order valence-corrected chi connectivity index (χ4v) is 1.49. The zero-order chi connectivity index (χ0) is 28.5. The minimum atomic E-state index is -0.258. The summed E-state index contributed by atoms with van der Waals surface area (Å²) in [6, 6.07) is 0. The second kappa shape index (κ2) is 61.7. The molecule has 0 aromatic heterocycles. The number of thiol groups is 5. The van der Waals surface area contributed by atoms with Crippen LogP contribution in [-0.2, 0) is 47.7 Å². The van der Waals surface area contributed by atoms with E-state index in [1.807, 2.05) is 0 Å². The van der Waals surface area contributed by atoms with Gasteiger partial charge in [-0.05, 0) is 34.6 Å². The van der Waals surface area contributed by atoms with Gasteiger partial charge < -0.3 is 23.7 Å². The quantitative estimate of drug-likeness (QED) is 0.100. The Morgan fingerprint density at radius 2 is 0.450 bits per heavy atom. The van der Waals surface area contributed by atoms with Crippen LogP contribution in [0, 0.1) is 0 Å². The molecule has 0 amide bonds. The van der Waals surface area contributed by atoms with E-state index in [0.29, 0.717) is 33.0 Å². The van der Waals surface area contributed by atoms with Gasteiger partial charge in [-0.1, -0.05) is 0 Å². The van der Waals surface area contributed by atoms with Gasteiger partial charge >= 0.3 is 29.8 Å². The van der Waals surface area contributed by atoms with Crippen molar-refractivity contribution in [1.29, 1.82) is 0 Å². The van der Waals surface area contributed by atoms with Crippen LogP contribution in [0.3, 0.4) is 0 Å². The van der Waals surface area contributed by atoms with Crippen LogP contribution < -0.4 is 0 Å². The molecule has 0 radical (unpaired) electrons. The molecule has 0 N–H and O–H groups in total. The number of hydrogen-bond donors (Lipinski definition) is 5. The fraction of sp³-hybridized carbons (Fsp3) is 0.750. The molecule has 0 saturated heterocycles. The van der Waals surface area contributed by atoms with E-state index in [0.717, 1.165) is 0 Å². The Morgan fingerprint density at radius 3 is 0.475 bits per heavy atom. The zero-order valence-corrected chi connectivity index (χ0v) is 27.4. The molecule has 10 nitrogen and oxygen atoms in total. The molecule has 0 saturated carbocycles. The summed E-state index contributed by atoms with van der Waals surface area (Å²) in [6.07, 6.45) is 0. The summed E-state index contributed by atoms with van der Waals surface area (Å²) in [4.78, 5) is 50.6. The van der Waals surface area contributed by atoms with Gasteiger partial charge in [-0.25, -0.2) is 0 Å². The largest absolute Gasteiger partial charge is 0.465 e. The van der Waals surface area contributed by atoms with E-state index in [4.69, 9.17) is 0 Å². The van der Waals surface area contributed by atoms with Crippen LogP contribution in [0.4, 0.5) is 23.5 Å². The number of rotatable bonds is 10. The third kappa shape index (κ3) is 83.3. The molecule has 0 rings (SSSR count). The van der Waals surface area contributed by atoms with Gasteiger partial charge in [-0.2, -0.15) is 63.1 Å². The number of carbonyl (C=O) groups excluding carboxylic acids is 5. The van der Waals surface area contributed by atoms with Gasteiger partial charge in [-0.3, -0.25) is 47.5 Å². The second-order valence-corrected chi connectivity index (χ2v) is 6.40. The minimum Gasteiger partial charge on any atom is -0.465 e. The normalized spacial score (nSPS) is 7.25. The number of esters is 5. The van der Waals surface area contributed by atoms with E-state index in [2.05, 4.69) is 86.8 Å². The summed E-state index contributed by atoms with van der Waals surface area (Å²) in [7, 11) is 0. The Bertz CT molecular complexity index is 440. The van der Waals surface area contributed by atoms with Crippen molar-refractivity contribution in [3.8, 4) is 0 Å². The van der Waals surface area contributed by atoms with E-state index in [-0.39, 0.29) is 82.1 Å². The lowest BCUT2D eigenvalue weighted by atomic mass is 10.8. The van der Waals surface area contributed by atoms with Crippen LogP contribution in [0.5, 0.6) is 0 Å². The Labute approximate surface area is 259 Å². The Hall–Kier alpha value is -1.25. The first-order chi connectivity index (χ1) is 16.5. The topological polar surface area (TPSA) is 132 Å². The van der Waals surface area contributed by atoms with Crippen LogP contribution in [0.25, 0.3) is 0 Å². The monoisotopic (exact) mass is 700 g/mol. The number of halogens is 5. The maximum atomic E-state index is 10.1. The standard InChI is InChI=1S/5C4H8O2S.5FH/c5*1-2-6-4(5)3-7;;;;;/h5*7H,2-3H2,1H3;5*1H. The molecular weight excluding hydrogens is 656 g/mol. The van der Waals surface area contributed by atoms with E-state index in [1.54, 1.807) is 34.6 Å². The average molecular weight is 701 g/mol. The molecule has 0 bridgehead atoms. The van der Waals surface area contributed by atoms with Crippen molar-refractivity contribution in [1.82, 2.24) is 0 Å². The molecule has 0 aromatic carbocycles. The molecule has 0 spiro atoms. The molecule has 250 valence electrons. The Morgan fingerprint density at radius 1 is 0.350 bits per heavy atom.